The average Bonchev–Trinajstić information content (AvgIpc) is 3.59. The fraction of sp³-hybridized carbons (Fsp3) is 0.207. The van der Waals surface area contributed by atoms with E-state index in [4.69, 9.17) is 30.9 Å². The number of rotatable bonds is 8. The Bertz CT molecular complexity index is 1850. The van der Waals surface area contributed by atoms with Crippen molar-refractivity contribution in [3.63, 3.8) is 0 Å². The number of oxime groups is 1. The number of aromatic nitrogens is 3. The molecule has 3 aromatic carbocycles. The Hall–Kier alpha value is -4.57. The first kappa shape index (κ1) is 25.7. The Balaban J connectivity index is 1.32. The molecule has 0 amide bonds. The number of fused-ring (bicyclic) bond motifs is 2. The zero-order valence-corrected chi connectivity index (χ0v) is 21.8. The summed E-state index contributed by atoms with van der Waals surface area (Å²) in [5, 5.41) is 14.2. The molecular weight excluding hydrogens is 539 g/mol. The number of halogens is 2. The second kappa shape index (κ2) is 10.5. The van der Waals surface area contributed by atoms with Gasteiger partial charge in [-0.1, -0.05) is 22.8 Å². The molecule has 0 saturated heterocycles. The number of unbranched alkanes of at least 4 members (excludes halogenated alkanes) is 1. The Morgan fingerprint density at radius 2 is 1.88 bits per heavy atom. The number of carboxylic acid groups (broad SMARTS) is 1. The minimum Gasteiger partial charge on any atom is -0.481 e. The van der Waals surface area contributed by atoms with Crippen LogP contribution in [-0.4, -0.2) is 31.3 Å². The van der Waals surface area contributed by atoms with Crippen molar-refractivity contribution < 1.29 is 23.5 Å². The van der Waals surface area contributed by atoms with Crippen molar-refractivity contribution in [3.8, 4) is 5.69 Å². The molecule has 0 aliphatic carbocycles. The van der Waals surface area contributed by atoms with Crippen molar-refractivity contribution in [1.29, 1.82) is 0 Å². The van der Waals surface area contributed by atoms with Crippen LogP contribution in [0.25, 0.3) is 27.7 Å². The number of nitrogens with zero attached hydrogens (tertiary/aromatic N) is 4. The summed E-state index contributed by atoms with van der Waals surface area (Å²) in [4.78, 5) is 39.5. The Labute approximate surface area is 231 Å². The van der Waals surface area contributed by atoms with Gasteiger partial charge in [0, 0.05) is 35.9 Å². The number of carbonyl (C=O) groups is 1. The van der Waals surface area contributed by atoms with Crippen LogP contribution in [0.5, 0.6) is 0 Å². The third kappa shape index (κ3) is 5.05. The van der Waals surface area contributed by atoms with Crippen LogP contribution in [0.4, 0.5) is 4.39 Å². The van der Waals surface area contributed by atoms with Gasteiger partial charge < -0.3 is 14.4 Å². The molecule has 5 aromatic rings. The van der Waals surface area contributed by atoms with E-state index in [1.54, 1.807) is 36.4 Å². The van der Waals surface area contributed by atoms with Gasteiger partial charge in [0.15, 0.2) is 5.58 Å². The molecule has 1 aliphatic heterocycles. The van der Waals surface area contributed by atoms with Crippen molar-refractivity contribution in [1.82, 2.24) is 14.5 Å². The van der Waals surface area contributed by atoms with Gasteiger partial charge in [0.1, 0.15) is 17.2 Å². The van der Waals surface area contributed by atoms with Crippen LogP contribution in [0.15, 0.2) is 75.0 Å². The monoisotopic (exact) mass is 560 g/mol. The molecule has 1 aliphatic rings. The van der Waals surface area contributed by atoms with Gasteiger partial charge in [-0.15, -0.1) is 0 Å². The maximum absolute atomic E-state index is 13.6. The Morgan fingerprint density at radius 3 is 2.67 bits per heavy atom. The number of benzene rings is 3. The number of hydrogen-bond donors (Lipinski definition) is 1. The van der Waals surface area contributed by atoms with E-state index in [0.29, 0.717) is 75.8 Å². The lowest BCUT2D eigenvalue weighted by atomic mass is 10.0. The topological polar surface area (TPSA) is 120 Å². The zero-order chi connectivity index (χ0) is 27.8. The van der Waals surface area contributed by atoms with Gasteiger partial charge in [0.25, 0.3) is 5.56 Å². The molecule has 1 atom stereocenters. The zero-order valence-electron chi connectivity index (χ0n) is 21.0. The fourth-order valence-electron chi connectivity index (χ4n) is 4.73. The summed E-state index contributed by atoms with van der Waals surface area (Å²) < 4.78 is 20.9. The smallest absolute Gasteiger partial charge is 0.303 e. The van der Waals surface area contributed by atoms with E-state index < -0.39 is 17.9 Å². The maximum atomic E-state index is 13.6. The van der Waals surface area contributed by atoms with Gasteiger partial charge in [-0.2, -0.15) is 0 Å². The van der Waals surface area contributed by atoms with Gasteiger partial charge in [-0.3, -0.25) is 14.2 Å². The normalized spacial score (nSPS) is 14.9. The predicted octanol–water partition coefficient (Wildman–Crippen LogP) is 5.98. The Morgan fingerprint density at radius 1 is 1.05 bits per heavy atom. The van der Waals surface area contributed by atoms with Crippen LogP contribution < -0.4 is 5.56 Å². The highest BCUT2D eigenvalue weighted by Crippen LogP contribution is 2.32. The highest BCUT2D eigenvalue weighted by atomic mass is 35.5. The number of aliphatic carboxylic acids is 1. The summed E-state index contributed by atoms with van der Waals surface area (Å²) in [5.41, 5.74) is 3.26. The van der Waals surface area contributed by atoms with Gasteiger partial charge in [-0.05, 0) is 61.4 Å². The fourth-order valence-corrected chi connectivity index (χ4v) is 4.89. The molecule has 0 radical (unpaired) electrons. The second-order valence-corrected chi connectivity index (χ2v) is 9.91. The van der Waals surface area contributed by atoms with Crippen LogP contribution in [0.2, 0.25) is 5.02 Å². The van der Waals surface area contributed by atoms with Gasteiger partial charge in [-0.25, -0.2) is 14.4 Å². The molecule has 0 fully saturated rings. The van der Waals surface area contributed by atoms with Crippen LogP contribution in [0, 0.1) is 5.82 Å². The van der Waals surface area contributed by atoms with Crippen molar-refractivity contribution in [2.45, 2.75) is 38.2 Å². The number of aryl methyl sites for hydroxylation is 1. The van der Waals surface area contributed by atoms with Crippen molar-refractivity contribution >= 4 is 45.3 Å². The third-order valence-corrected chi connectivity index (χ3v) is 6.94. The van der Waals surface area contributed by atoms with E-state index >= 15 is 0 Å². The van der Waals surface area contributed by atoms with Gasteiger partial charge in [0.2, 0.25) is 12.0 Å². The lowest BCUT2D eigenvalue weighted by molar-refractivity contribution is -0.137. The van der Waals surface area contributed by atoms with Crippen molar-refractivity contribution in [2.75, 3.05) is 0 Å². The average molecular weight is 561 g/mol. The predicted molar refractivity (Wildman–Crippen MR) is 146 cm³/mol. The summed E-state index contributed by atoms with van der Waals surface area (Å²) in [6.07, 6.45) is 1.23. The Kier molecular flexibility index (Phi) is 6.77. The number of carboxylic acids is 1. The lowest BCUT2D eigenvalue weighted by Crippen LogP contribution is -2.24. The molecule has 0 unspecified atom stereocenters. The summed E-state index contributed by atoms with van der Waals surface area (Å²) >= 11 is 6.05. The SMILES string of the molecule is O=C(O)CCCCc1nc2cc(C3=NO[C@@H](c4nc5ccc(Cl)cc5o4)C3)ccc2c(=O)n1-c1ccc(F)cc1. The molecule has 0 saturated carbocycles. The molecular formula is C29H22ClFN4O5. The quantitative estimate of drug-likeness (QED) is 0.232. The van der Waals surface area contributed by atoms with E-state index in [-0.39, 0.29) is 12.0 Å². The van der Waals surface area contributed by atoms with E-state index in [0.717, 1.165) is 5.56 Å². The number of oxazole rings is 1. The molecule has 1 N–H and O–H groups in total. The molecule has 40 heavy (non-hydrogen) atoms. The van der Waals surface area contributed by atoms with Gasteiger partial charge >= 0.3 is 5.97 Å². The van der Waals surface area contributed by atoms with Crippen molar-refractivity contribution in [2.24, 2.45) is 5.16 Å². The first-order valence-corrected chi connectivity index (χ1v) is 13.1. The molecule has 9 nitrogen and oxygen atoms in total. The van der Waals surface area contributed by atoms with Gasteiger partial charge in [0.05, 0.1) is 22.3 Å². The molecule has 11 heteroatoms. The van der Waals surface area contributed by atoms with Crippen LogP contribution in [0.1, 0.15) is 49.1 Å². The molecule has 0 bridgehead atoms. The first-order valence-electron chi connectivity index (χ1n) is 12.7. The minimum absolute atomic E-state index is 0.0205. The van der Waals surface area contributed by atoms with E-state index in [1.807, 2.05) is 0 Å². The molecule has 202 valence electrons. The van der Waals surface area contributed by atoms with E-state index in [9.17, 15) is 14.0 Å². The third-order valence-electron chi connectivity index (χ3n) is 6.71. The van der Waals surface area contributed by atoms with Crippen molar-refractivity contribution in [3.05, 3.63) is 99.1 Å². The van der Waals surface area contributed by atoms with Crippen LogP contribution in [0.3, 0.4) is 0 Å². The summed E-state index contributed by atoms with van der Waals surface area (Å²) in [5.74, 6) is -0.454. The number of hydrogen-bond acceptors (Lipinski definition) is 7. The molecule has 2 aromatic heterocycles. The summed E-state index contributed by atoms with van der Waals surface area (Å²) in [6, 6.07) is 16.0. The van der Waals surface area contributed by atoms with Crippen LogP contribution in [-0.2, 0) is 16.1 Å². The van der Waals surface area contributed by atoms with E-state index in [1.165, 1.54) is 28.8 Å². The highest BCUT2D eigenvalue weighted by Gasteiger charge is 2.29. The van der Waals surface area contributed by atoms with E-state index in [2.05, 4.69) is 10.1 Å². The summed E-state index contributed by atoms with van der Waals surface area (Å²) in [6.45, 7) is 0. The second-order valence-electron chi connectivity index (χ2n) is 9.48. The molecule has 6 rings (SSSR count). The largest absolute Gasteiger partial charge is 0.481 e. The first-order chi connectivity index (χ1) is 19.4. The van der Waals surface area contributed by atoms with Crippen LogP contribution >= 0.6 is 11.6 Å². The minimum atomic E-state index is -0.883. The standard InChI is InChI=1S/C29H22ClFN4O5/c30-17-6-12-21-24(14-17)39-28(33-21)25-15-22(34-40-25)16-5-11-20-23(13-16)32-26(3-1-2-4-27(36)37)35(29(20)38)19-9-7-18(31)8-10-19/h5-14,25H,1-4,15H2,(H,36,37)/t25-/m1/s1. The summed E-state index contributed by atoms with van der Waals surface area (Å²) in [7, 11) is 0. The molecule has 3 heterocycles. The highest BCUT2D eigenvalue weighted by molar-refractivity contribution is 6.31. The maximum Gasteiger partial charge on any atom is 0.303 e. The molecule has 0 spiro atoms. The lowest BCUT2D eigenvalue weighted by Gasteiger charge is -2.14.